The van der Waals surface area contributed by atoms with Gasteiger partial charge in [-0.2, -0.15) is 0 Å². The monoisotopic (exact) mass is 237 g/mol. The molecule has 0 aliphatic heterocycles. The summed E-state index contributed by atoms with van der Waals surface area (Å²) in [5.74, 6) is 0.807. The van der Waals surface area contributed by atoms with E-state index in [0.717, 1.165) is 18.7 Å². The van der Waals surface area contributed by atoms with E-state index in [4.69, 9.17) is 0 Å². The molecule has 0 fully saturated rings. The lowest BCUT2D eigenvalue weighted by Crippen LogP contribution is -2.21. The highest BCUT2D eigenvalue weighted by Crippen LogP contribution is 2.30. The third-order valence-electron chi connectivity index (χ3n) is 3.13. The van der Waals surface area contributed by atoms with Crippen LogP contribution in [0.2, 0.25) is 0 Å². The van der Waals surface area contributed by atoms with E-state index in [9.17, 15) is 4.21 Å². The molecular weight excluding hydrogens is 218 g/mol. The van der Waals surface area contributed by atoms with Crippen LogP contribution >= 0.6 is 0 Å². The first-order valence-electron chi connectivity index (χ1n) is 5.88. The summed E-state index contributed by atoms with van der Waals surface area (Å²) in [5, 5.41) is 3.56. The number of hydrogen-bond acceptors (Lipinski definition) is 2. The Morgan fingerprint density at radius 3 is 3.06 bits per heavy atom. The van der Waals surface area contributed by atoms with Gasteiger partial charge in [0.15, 0.2) is 0 Å². The van der Waals surface area contributed by atoms with E-state index in [1.807, 2.05) is 0 Å². The zero-order chi connectivity index (χ0) is 11.4. The molecule has 0 amide bonds. The maximum Gasteiger partial charge on any atom is 0.0326 e. The van der Waals surface area contributed by atoms with Gasteiger partial charge in [0.2, 0.25) is 0 Å². The third-order valence-corrected chi connectivity index (χ3v) is 4.00. The van der Waals surface area contributed by atoms with Crippen LogP contribution in [0.3, 0.4) is 0 Å². The van der Waals surface area contributed by atoms with E-state index in [1.165, 1.54) is 24.0 Å². The summed E-state index contributed by atoms with van der Waals surface area (Å²) in [5.41, 5.74) is 2.94. The predicted molar refractivity (Wildman–Crippen MR) is 69.1 cm³/mol. The Bertz CT molecular complexity index is 378. The van der Waals surface area contributed by atoms with E-state index in [1.54, 1.807) is 6.26 Å². The van der Waals surface area contributed by atoms with E-state index in [-0.39, 0.29) is 0 Å². The average Bonchev–Trinajstić information content (AvgIpc) is 2.68. The molecule has 1 N–H and O–H groups in total. The van der Waals surface area contributed by atoms with Crippen LogP contribution in [0.15, 0.2) is 24.3 Å². The molecule has 0 saturated carbocycles. The maximum atomic E-state index is 10.9. The maximum absolute atomic E-state index is 10.9. The van der Waals surface area contributed by atoms with E-state index in [0.29, 0.717) is 6.04 Å². The Morgan fingerprint density at radius 1 is 1.44 bits per heavy atom. The Hall–Kier alpha value is -0.670. The highest BCUT2D eigenvalue weighted by Gasteiger charge is 2.20. The van der Waals surface area contributed by atoms with Crippen molar-refractivity contribution < 1.29 is 4.21 Å². The SMILES string of the molecule is CS(=O)CCCNC1CCc2ccccc21. The molecule has 0 bridgehead atoms. The summed E-state index contributed by atoms with van der Waals surface area (Å²) in [6.07, 6.45) is 5.16. The number of nitrogens with one attached hydrogen (secondary N) is 1. The number of aryl methyl sites for hydroxylation is 1. The van der Waals surface area contributed by atoms with Crippen molar-refractivity contribution in [2.24, 2.45) is 0 Å². The molecule has 0 radical (unpaired) electrons. The molecule has 0 spiro atoms. The molecular formula is C13H19NOS. The third kappa shape index (κ3) is 2.92. The van der Waals surface area contributed by atoms with Crippen LogP contribution in [0.1, 0.15) is 30.0 Å². The Morgan fingerprint density at radius 2 is 2.25 bits per heavy atom. The second kappa shape index (κ2) is 5.60. The van der Waals surface area contributed by atoms with Crippen LogP contribution in [-0.4, -0.2) is 22.8 Å². The largest absolute Gasteiger partial charge is 0.310 e. The lowest BCUT2D eigenvalue weighted by atomic mass is 10.1. The number of rotatable bonds is 5. The van der Waals surface area contributed by atoms with Gasteiger partial charge in [-0.05, 0) is 36.9 Å². The van der Waals surface area contributed by atoms with E-state index in [2.05, 4.69) is 29.6 Å². The molecule has 2 rings (SSSR count). The molecule has 1 aliphatic rings. The Labute approximate surface area is 99.9 Å². The molecule has 2 atom stereocenters. The minimum absolute atomic E-state index is 0.515. The lowest BCUT2D eigenvalue weighted by Gasteiger charge is -2.13. The Kier molecular flexibility index (Phi) is 4.13. The molecule has 2 unspecified atom stereocenters. The summed E-state index contributed by atoms with van der Waals surface area (Å²) < 4.78 is 10.9. The summed E-state index contributed by atoms with van der Waals surface area (Å²) >= 11 is 0. The van der Waals surface area contributed by atoms with Gasteiger partial charge in [0.1, 0.15) is 0 Å². The first kappa shape index (κ1) is 11.8. The van der Waals surface area contributed by atoms with Crippen molar-refractivity contribution in [1.82, 2.24) is 5.32 Å². The molecule has 2 nitrogen and oxygen atoms in total. The van der Waals surface area contributed by atoms with Crippen molar-refractivity contribution in [1.29, 1.82) is 0 Å². The van der Waals surface area contributed by atoms with Crippen LogP contribution in [0, 0.1) is 0 Å². The van der Waals surface area contributed by atoms with Gasteiger partial charge in [0.05, 0.1) is 0 Å². The Balaban J connectivity index is 1.82. The van der Waals surface area contributed by atoms with Crippen molar-refractivity contribution in [3.63, 3.8) is 0 Å². The minimum Gasteiger partial charge on any atom is -0.310 e. The predicted octanol–water partition coefficient (Wildman–Crippen LogP) is 2.03. The normalized spacial score (nSPS) is 20.7. The van der Waals surface area contributed by atoms with Gasteiger partial charge in [-0.25, -0.2) is 0 Å². The molecule has 1 aromatic rings. The summed E-state index contributed by atoms with van der Waals surface area (Å²) in [6, 6.07) is 9.18. The number of benzene rings is 1. The fraction of sp³-hybridized carbons (Fsp3) is 0.538. The van der Waals surface area contributed by atoms with Crippen LogP contribution in [-0.2, 0) is 17.2 Å². The molecule has 1 aromatic carbocycles. The summed E-state index contributed by atoms with van der Waals surface area (Å²) in [7, 11) is -0.654. The van der Waals surface area contributed by atoms with Gasteiger partial charge < -0.3 is 5.32 Å². The average molecular weight is 237 g/mol. The zero-order valence-electron chi connectivity index (χ0n) is 9.74. The zero-order valence-corrected chi connectivity index (χ0v) is 10.6. The smallest absolute Gasteiger partial charge is 0.0326 e. The van der Waals surface area contributed by atoms with Gasteiger partial charge in [-0.15, -0.1) is 0 Å². The van der Waals surface area contributed by atoms with Gasteiger partial charge in [0, 0.05) is 28.9 Å². The molecule has 0 heterocycles. The van der Waals surface area contributed by atoms with Crippen molar-refractivity contribution >= 4 is 10.8 Å². The number of hydrogen-bond donors (Lipinski definition) is 1. The van der Waals surface area contributed by atoms with Crippen LogP contribution < -0.4 is 5.32 Å². The first-order chi connectivity index (χ1) is 7.77. The van der Waals surface area contributed by atoms with Gasteiger partial charge in [-0.3, -0.25) is 4.21 Å². The van der Waals surface area contributed by atoms with Gasteiger partial charge >= 0.3 is 0 Å². The second-order valence-electron chi connectivity index (χ2n) is 4.38. The van der Waals surface area contributed by atoms with Gasteiger partial charge in [0.25, 0.3) is 0 Å². The van der Waals surface area contributed by atoms with Crippen molar-refractivity contribution in [2.45, 2.75) is 25.3 Å². The summed E-state index contributed by atoms with van der Waals surface area (Å²) in [4.78, 5) is 0. The molecule has 1 aliphatic carbocycles. The molecule has 16 heavy (non-hydrogen) atoms. The fourth-order valence-electron chi connectivity index (χ4n) is 2.32. The highest BCUT2D eigenvalue weighted by molar-refractivity contribution is 7.84. The quantitative estimate of drug-likeness (QED) is 0.794. The minimum atomic E-state index is -0.654. The number of fused-ring (bicyclic) bond motifs is 1. The van der Waals surface area contributed by atoms with Gasteiger partial charge in [-0.1, -0.05) is 24.3 Å². The van der Waals surface area contributed by atoms with E-state index < -0.39 is 10.8 Å². The molecule has 0 aromatic heterocycles. The van der Waals surface area contributed by atoms with Crippen molar-refractivity contribution in [2.75, 3.05) is 18.6 Å². The molecule has 0 saturated heterocycles. The van der Waals surface area contributed by atoms with Crippen LogP contribution in [0.4, 0.5) is 0 Å². The van der Waals surface area contributed by atoms with Crippen LogP contribution in [0.25, 0.3) is 0 Å². The standard InChI is InChI=1S/C13H19NOS/c1-16(15)10-4-9-14-13-8-7-11-5-2-3-6-12(11)13/h2-3,5-6,13-14H,4,7-10H2,1H3. The summed E-state index contributed by atoms with van der Waals surface area (Å²) in [6.45, 7) is 0.971. The molecule has 88 valence electrons. The highest BCUT2D eigenvalue weighted by atomic mass is 32.2. The molecule has 3 heteroatoms. The van der Waals surface area contributed by atoms with Crippen LogP contribution in [0.5, 0.6) is 0 Å². The lowest BCUT2D eigenvalue weighted by molar-refractivity contribution is 0.529. The van der Waals surface area contributed by atoms with Crippen molar-refractivity contribution in [3.8, 4) is 0 Å². The second-order valence-corrected chi connectivity index (χ2v) is 5.93. The topological polar surface area (TPSA) is 29.1 Å². The first-order valence-corrected chi connectivity index (χ1v) is 7.61. The fourth-order valence-corrected chi connectivity index (χ4v) is 2.87. The van der Waals surface area contributed by atoms with Crippen molar-refractivity contribution in [3.05, 3.63) is 35.4 Å². The van der Waals surface area contributed by atoms with E-state index >= 15 is 0 Å².